The number of hydrogen-bond donors (Lipinski definition) is 1. The van der Waals surface area contributed by atoms with Crippen LogP contribution in [0.15, 0.2) is 12.1 Å². The molecule has 0 bridgehead atoms. The Kier molecular flexibility index (Phi) is 3.06. The fourth-order valence-corrected chi connectivity index (χ4v) is 5.51. The Morgan fingerprint density at radius 2 is 2.04 bits per heavy atom. The third-order valence-corrected chi connectivity index (χ3v) is 6.73. The van der Waals surface area contributed by atoms with E-state index in [1.807, 2.05) is 0 Å². The van der Waals surface area contributed by atoms with Crippen LogP contribution in [0.1, 0.15) is 56.1 Å². The molecule has 0 radical (unpaired) electrons. The Hall–Kier alpha value is -1.91. The number of aryl methyl sites for hydroxylation is 1. The number of nitrogens with zero attached hydrogens (tertiary/aromatic N) is 1. The predicted octanol–water partition coefficient (Wildman–Crippen LogP) is 3.73. The van der Waals surface area contributed by atoms with E-state index in [1.54, 1.807) is 12.1 Å². The third-order valence-electron chi connectivity index (χ3n) is 6.73. The fraction of sp³-hybridized carbons (Fsp3) is 0.611. The minimum Gasteiger partial charge on any atom is -0.502 e. The van der Waals surface area contributed by atoms with E-state index in [0.29, 0.717) is 30.0 Å². The number of nitro groups is 1. The molecule has 5 nitrogen and oxygen atoms in total. The Morgan fingerprint density at radius 1 is 1.26 bits per heavy atom. The van der Waals surface area contributed by atoms with E-state index in [-0.39, 0.29) is 16.9 Å². The molecular formula is C18H21NO4. The van der Waals surface area contributed by atoms with Gasteiger partial charge in [0.15, 0.2) is 5.75 Å². The maximum absolute atomic E-state index is 12.3. The lowest BCUT2D eigenvalue weighted by Crippen LogP contribution is -2.42. The van der Waals surface area contributed by atoms with E-state index < -0.39 is 4.92 Å². The zero-order chi connectivity index (χ0) is 16.4. The smallest absolute Gasteiger partial charge is 0.310 e. The van der Waals surface area contributed by atoms with E-state index in [4.69, 9.17) is 0 Å². The van der Waals surface area contributed by atoms with Crippen molar-refractivity contribution >= 4 is 11.5 Å². The van der Waals surface area contributed by atoms with Crippen LogP contribution in [0.2, 0.25) is 0 Å². The summed E-state index contributed by atoms with van der Waals surface area (Å²) in [7, 11) is 0. The van der Waals surface area contributed by atoms with Gasteiger partial charge in [-0.3, -0.25) is 14.9 Å². The number of fused-ring (bicyclic) bond motifs is 5. The SMILES string of the molecule is CC12CCC3c4cc([N+](=O)[O-])c(O)cc4CCC3C1CCC2=O. The number of phenolic OH excluding ortho intramolecular Hbond substituents is 1. The molecule has 0 aromatic heterocycles. The standard InChI is InChI=1S/C18H21NO4/c1-18-7-6-11-12(14(18)4-5-17(18)21)3-2-10-8-16(20)15(19(22)23)9-13(10)11/h8-9,11-12,14,20H,2-7H2,1H3. The van der Waals surface area contributed by atoms with Gasteiger partial charge in [0.05, 0.1) is 4.92 Å². The van der Waals surface area contributed by atoms with Crippen LogP contribution in [-0.2, 0) is 11.2 Å². The summed E-state index contributed by atoms with van der Waals surface area (Å²) in [6.07, 6.45) is 5.30. The van der Waals surface area contributed by atoms with Crippen molar-refractivity contribution in [3.63, 3.8) is 0 Å². The summed E-state index contributed by atoms with van der Waals surface area (Å²) >= 11 is 0. The number of carbonyl (C=O) groups excluding carboxylic acids is 1. The van der Waals surface area contributed by atoms with Crippen LogP contribution in [0.5, 0.6) is 5.75 Å². The Morgan fingerprint density at radius 3 is 2.78 bits per heavy atom. The largest absolute Gasteiger partial charge is 0.502 e. The highest BCUT2D eigenvalue weighted by molar-refractivity contribution is 5.87. The lowest BCUT2D eigenvalue weighted by atomic mass is 9.55. The number of ketones is 1. The Bertz CT molecular complexity index is 713. The van der Waals surface area contributed by atoms with Crippen LogP contribution in [0.4, 0.5) is 5.69 Å². The van der Waals surface area contributed by atoms with Gasteiger partial charge in [-0.05, 0) is 67.1 Å². The molecule has 2 fully saturated rings. The third kappa shape index (κ3) is 1.95. The average Bonchev–Trinajstić information content (AvgIpc) is 2.81. The van der Waals surface area contributed by atoms with Crippen molar-refractivity contribution in [1.82, 2.24) is 0 Å². The highest BCUT2D eigenvalue weighted by Crippen LogP contribution is 2.60. The molecule has 23 heavy (non-hydrogen) atoms. The second-order valence-electron chi connectivity index (χ2n) is 7.63. The van der Waals surface area contributed by atoms with E-state index in [0.717, 1.165) is 43.2 Å². The fourth-order valence-electron chi connectivity index (χ4n) is 5.51. The summed E-state index contributed by atoms with van der Waals surface area (Å²) in [4.78, 5) is 23.0. The topological polar surface area (TPSA) is 80.4 Å². The molecule has 1 aromatic rings. The number of nitro benzene ring substituents is 1. The lowest BCUT2D eigenvalue weighted by molar-refractivity contribution is -0.386. The number of benzene rings is 1. The van der Waals surface area contributed by atoms with E-state index >= 15 is 0 Å². The molecule has 1 N–H and O–H groups in total. The summed E-state index contributed by atoms with van der Waals surface area (Å²) in [6, 6.07) is 3.16. The zero-order valence-electron chi connectivity index (χ0n) is 13.2. The quantitative estimate of drug-likeness (QED) is 0.632. The number of phenols is 1. The lowest BCUT2D eigenvalue weighted by Gasteiger charge is -2.48. The van der Waals surface area contributed by atoms with Crippen LogP contribution < -0.4 is 0 Å². The second kappa shape index (κ2) is 4.79. The minimum atomic E-state index is -0.509. The zero-order valence-corrected chi connectivity index (χ0v) is 13.2. The summed E-state index contributed by atoms with van der Waals surface area (Å²) in [5.74, 6) is 1.32. The maximum atomic E-state index is 12.3. The molecule has 0 heterocycles. The molecular weight excluding hydrogens is 294 g/mol. The van der Waals surface area contributed by atoms with Gasteiger partial charge >= 0.3 is 5.69 Å². The molecule has 0 spiro atoms. The molecule has 4 rings (SSSR count). The summed E-state index contributed by atoms with van der Waals surface area (Å²) in [6.45, 7) is 2.12. The second-order valence-corrected chi connectivity index (χ2v) is 7.63. The van der Waals surface area contributed by atoms with Crippen LogP contribution in [0.3, 0.4) is 0 Å². The normalized spacial score (nSPS) is 35.3. The maximum Gasteiger partial charge on any atom is 0.310 e. The number of aromatic hydroxyl groups is 1. The van der Waals surface area contributed by atoms with Crippen molar-refractivity contribution in [3.05, 3.63) is 33.4 Å². The molecule has 3 aliphatic carbocycles. The van der Waals surface area contributed by atoms with Gasteiger partial charge in [0.1, 0.15) is 5.78 Å². The number of Topliss-reactive ketones (excluding diaryl/α,β-unsaturated/α-hetero) is 1. The van der Waals surface area contributed by atoms with Gasteiger partial charge in [-0.1, -0.05) is 6.92 Å². The van der Waals surface area contributed by atoms with Crippen molar-refractivity contribution in [2.45, 2.75) is 51.4 Å². The molecule has 2 saturated carbocycles. The number of hydrogen-bond acceptors (Lipinski definition) is 4. The molecule has 0 aliphatic heterocycles. The first kappa shape index (κ1) is 14.7. The molecule has 5 heteroatoms. The van der Waals surface area contributed by atoms with Gasteiger partial charge in [0, 0.05) is 17.9 Å². The molecule has 122 valence electrons. The predicted molar refractivity (Wildman–Crippen MR) is 84.4 cm³/mol. The summed E-state index contributed by atoms with van der Waals surface area (Å²) in [5, 5.41) is 21.0. The molecule has 0 amide bonds. The highest BCUT2D eigenvalue weighted by Gasteiger charge is 2.54. The number of rotatable bonds is 1. The van der Waals surface area contributed by atoms with Gasteiger partial charge in [0.25, 0.3) is 0 Å². The van der Waals surface area contributed by atoms with E-state index in [1.165, 1.54) is 0 Å². The monoisotopic (exact) mass is 315 g/mol. The van der Waals surface area contributed by atoms with Gasteiger partial charge < -0.3 is 5.11 Å². The van der Waals surface area contributed by atoms with Crippen LogP contribution in [0.25, 0.3) is 0 Å². The Balaban J connectivity index is 1.76. The number of carbonyl (C=O) groups is 1. The van der Waals surface area contributed by atoms with E-state index in [2.05, 4.69) is 6.92 Å². The van der Waals surface area contributed by atoms with Gasteiger partial charge in [-0.25, -0.2) is 0 Å². The van der Waals surface area contributed by atoms with Crippen LogP contribution >= 0.6 is 0 Å². The first-order chi connectivity index (χ1) is 10.9. The summed E-state index contributed by atoms with van der Waals surface area (Å²) in [5.41, 5.74) is 1.70. The minimum absolute atomic E-state index is 0.179. The average molecular weight is 315 g/mol. The van der Waals surface area contributed by atoms with Crippen molar-refractivity contribution in [2.24, 2.45) is 17.3 Å². The highest BCUT2D eigenvalue weighted by atomic mass is 16.6. The van der Waals surface area contributed by atoms with Gasteiger partial charge in [0.2, 0.25) is 0 Å². The van der Waals surface area contributed by atoms with E-state index in [9.17, 15) is 20.0 Å². The van der Waals surface area contributed by atoms with Gasteiger partial charge in [-0.2, -0.15) is 0 Å². The Labute approximate surface area is 134 Å². The van der Waals surface area contributed by atoms with Crippen molar-refractivity contribution < 1.29 is 14.8 Å². The molecule has 4 atom stereocenters. The first-order valence-corrected chi connectivity index (χ1v) is 8.45. The molecule has 0 saturated heterocycles. The van der Waals surface area contributed by atoms with Crippen molar-refractivity contribution in [1.29, 1.82) is 0 Å². The first-order valence-electron chi connectivity index (χ1n) is 8.45. The van der Waals surface area contributed by atoms with Crippen LogP contribution in [0, 0.1) is 27.4 Å². The molecule has 4 unspecified atom stereocenters. The molecule has 3 aliphatic rings. The van der Waals surface area contributed by atoms with Crippen molar-refractivity contribution in [2.75, 3.05) is 0 Å². The molecule has 1 aromatic carbocycles. The summed E-state index contributed by atoms with van der Waals surface area (Å²) < 4.78 is 0. The van der Waals surface area contributed by atoms with Gasteiger partial charge in [-0.15, -0.1) is 0 Å². The van der Waals surface area contributed by atoms with Crippen LogP contribution in [-0.4, -0.2) is 15.8 Å². The van der Waals surface area contributed by atoms with Crippen molar-refractivity contribution in [3.8, 4) is 5.75 Å².